The second kappa shape index (κ2) is 4.76. The predicted octanol–water partition coefficient (Wildman–Crippen LogP) is -0.306. The van der Waals surface area contributed by atoms with Gasteiger partial charge in [0.05, 0.1) is 5.69 Å². The molecule has 1 amide bonds. The van der Waals surface area contributed by atoms with E-state index in [2.05, 4.69) is 10.4 Å². The van der Waals surface area contributed by atoms with Gasteiger partial charge in [-0.15, -0.1) is 0 Å². The van der Waals surface area contributed by atoms with Crippen molar-refractivity contribution in [2.24, 2.45) is 12.8 Å². The molecule has 0 unspecified atom stereocenters. The molecule has 0 fully saturated rings. The van der Waals surface area contributed by atoms with E-state index in [1.54, 1.807) is 4.68 Å². The SMILES string of the molecule is Cc1nn(C)cc1CNCCC(N)=O. The molecular formula is C9H16N4O. The van der Waals surface area contributed by atoms with Crippen LogP contribution in [-0.4, -0.2) is 22.2 Å². The number of aromatic nitrogens is 2. The molecule has 0 bridgehead atoms. The molecule has 0 aliphatic heterocycles. The summed E-state index contributed by atoms with van der Waals surface area (Å²) in [5.41, 5.74) is 7.17. The van der Waals surface area contributed by atoms with E-state index in [4.69, 9.17) is 5.73 Å². The molecular weight excluding hydrogens is 180 g/mol. The molecule has 0 radical (unpaired) electrons. The van der Waals surface area contributed by atoms with Crippen LogP contribution in [-0.2, 0) is 18.4 Å². The lowest BCUT2D eigenvalue weighted by Gasteiger charge is -2.00. The highest BCUT2D eigenvalue weighted by Crippen LogP contribution is 2.03. The Kier molecular flexibility index (Phi) is 3.64. The average Bonchev–Trinajstić information content (AvgIpc) is 2.39. The van der Waals surface area contributed by atoms with Gasteiger partial charge in [-0.2, -0.15) is 5.10 Å². The average molecular weight is 196 g/mol. The molecule has 0 aliphatic rings. The van der Waals surface area contributed by atoms with Crippen molar-refractivity contribution in [1.29, 1.82) is 0 Å². The van der Waals surface area contributed by atoms with Gasteiger partial charge in [0.2, 0.25) is 5.91 Å². The van der Waals surface area contributed by atoms with E-state index in [0.717, 1.165) is 17.8 Å². The molecule has 14 heavy (non-hydrogen) atoms. The Morgan fingerprint density at radius 3 is 2.93 bits per heavy atom. The monoisotopic (exact) mass is 196 g/mol. The molecule has 5 nitrogen and oxygen atoms in total. The van der Waals surface area contributed by atoms with Gasteiger partial charge in [-0.25, -0.2) is 0 Å². The Balaban J connectivity index is 2.31. The number of carbonyl (C=O) groups is 1. The maximum absolute atomic E-state index is 10.4. The maximum Gasteiger partial charge on any atom is 0.218 e. The summed E-state index contributed by atoms with van der Waals surface area (Å²) in [6.45, 7) is 3.31. The lowest BCUT2D eigenvalue weighted by atomic mass is 10.2. The van der Waals surface area contributed by atoms with Gasteiger partial charge < -0.3 is 11.1 Å². The van der Waals surface area contributed by atoms with Gasteiger partial charge in [0.15, 0.2) is 0 Å². The normalized spacial score (nSPS) is 10.4. The molecule has 0 aliphatic carbocycles. The Morgan fingerprint density at radius 2 is 2.43 bits per heavy atom. The van der Waals surface area contributed by atoms with Gasteiger partial charge in [-0.3, -0.25) is 9.48 Å². The lowest BCUT2D eigenvalue weighted by Crippen LogP contribution is -2.21. The van der Waals surface area contributed by atoms with Crippen LogP contribution in [0.1, 0.15) is 17.7 Å². The van der Waals surface area contributed by atoms with E-state index in [1.807, 2.05) is 20.2 Å². The summed E-state index contributed by atoms with van der Waals surface area (Å²) in [6, 6.07) is 0. The van der Waals surface area contributed by atoms with Gasteiger partial charge in [0, 0.05) is 38.3 Å². The highest BCUT2D eigenvalue weighted by atomic mass is 16.1. The molecule has 0 saturated carbocycles. The molecule has 0 atom stereocenters. The van der Waals surface area contributed by atoms with Crippen molar-refractivity contribution in [3.8, 4) is 0 Å². The van der Waals surface area contributed by atoms with Crippen molar-refractivity contribution in [3.63, 3.8) is 0 Å². The van der Waals surface area contributed by atoms with Crippen molar-refractivity contribution in [2.75, 3.05) is 6.54 Å². The molecule has 1 rings (SSSR count). The Morgan fingerprint density at radius 1 is 1.71 bits per heavy atom. The van der Waals surface area contributed by atoms with Gasteiger partial charge in [-0.05, 0) is 6.92 Å². The fraction of sp³-hybridized carbons (Fsp3) is 0.556. The van der Waals surface area contributed by atoms with E-state index in [0.29, 0.717) is 13.0 Å². The summed E-state index contributed by atoms with van der Waals surface area (Å²) in [6.07, 6.45) is 2.34. The van der Waals surface area contributed by atoms with Crippen LogP contribution in [0.3, 0.4) is 0 Å². The number of rotatable bonds is 5. The number of carbonyl (C=O) groups excluding carboxylic acids is 1. The van der Waals surface area contributed by atoms with Crippen LogP contribution in [0.25, 0.3) is 0 Å². The van der Waals surface area contributed by atoms with Crippen LogP contribution in [0.4, 0.5) is 0 Å². The third kappa shape index (κ3) is 3.18. The van der Waals surface area contributed by atoms with Crippen molar-refractivity contribution < 1.29 is 4.79 Å². The number of hydrogen-bond acceptors (Lipinski definition) is 3. The molecule has 0 spiro atoms. The van der Waals surface area contributed by atoms with Crippen molar-refractivity contribution in [1.82, 2.24) is 15.1 Å². The molecule has 78 valence electrons. The summed E-state index contributed by atoms with van der Waals surface area (Å²) in [5.74, 6) is -0.277. The summed E-state index contributed by atoms with van der Waals surface area (Å²) in [4.78, 5) is 10.4. The Hall–Kier alpha value is -1.36. The largest absolute Gasteiger partial charge is 0.370 e. The Bertz CT molecular complexity index is 319. The van der Waals surface area contributed by atoms with E-state index in [1.165, 1.54) is 0 Å². The van der Waals surface area contributed by atoms with Crippen LogP contribution in [0.2, 0.25) is 0 Å². The van der Waals surface area contributed by atoms with Crippen LogP contribution in [0.15, 0.2) is 6.20 Å². The third-order valence-corrected chi connectivity index (χ3v) is 1.98. The standard InChI is InChI=1S/C9H16N4O/c1-7-8(6-13(2)12-7)5-11-4-3-9(10)14/h6,11H,3-5H2,1-2H3,(H2,10,14). The summed E-state index contributed by atoms with van der Waals surface area (Å²) in [7, 11) is 1.89. The molecule has 0 saturated heterocycles. The van der Waals surface area contributed by atoms with Gasteiger partial charge in [-0.1, -0.05) is 0 Å². The first-order chi connectivity index (χ1) is 6.59. The molecule has 1 aromatic rings. The van der Waals surface area contributed by atoms with Crippen molar-refractivity contribution in [3.05, 3.63) is 17.5 Å². The summed E-state index contributed by atoms with van der Waals surface area (Å²) >= 11 is 0. The number of primary amides is 1. The fourth-order valence-corrected chi connectivity index (χ4v) is 1.26. The number of nitrogens with one attached hydrogen (secondary N) is 1. The van der Waals surface area contributed by atoms with Gasteiger partial charge in [0.25, 0.3) is 0 Å². The molecule has 1 aromatic heterocycles. The van der Waals surface area contributed by atoms with Crippen LogP contribution in [0.5, 0.6) is 0 Å². The zero-order chi connectivity index (χ0) is 10.6. The second-order valence-corrected chi connectivity index (χ2v) is 3.31. The van der Waals surface area contributed by atoms with Crippen LogP contribution in [0, 0.1) is 6.92 Å². The van der Waals surface area contributed by atoms with Gasteiger partial charge in [0.1, 0.15) is 0 Å². The topological polar surface area (TPSA) is 72.9 Å². The fourth-order valence-electron chi connectivity index (χ4n) is 1.26. The van der Waals surface area contributed by atoms with Crippen molar-refractivity contribution >= 4 is 5.91 Å². The Labute approximate surface area is 83.3 Å². The summed E-state index contributed by atoms with van der Waals surface area (Å²) in [5, 5.41) is 7.34. The minimum absolute atomic E-state index is 0.277. The smallest absolute Gasteiger partial charge is 0.218 e. The zero-order valence-corrected chi connectivity index (χ0v) is 8.58. The van der Waals surface area contributed by atoms with E-state index < -0.39 is 0 Å². The van der Waals surface area contributed by atoms with Crippen molar-refractivity contribution in [2.45, 2.75) is 19.9 Å². The van der Waals surface area contributed by atoms with E-state index in [-0.39, 0.29) is 5.91 Å². The van der Waals surface area contributed by atoms with Gasteiger partial charge >= 0.3 is 0 Å². The second-order valence-electron chi connectivity index (χ2n) is 3.31. The quantitative estimate of drug-likeness (QED) is 0.635. The molecule has 1 heterocycles. The van der Waals surface area contributed by atoms with E-state index >= 15 is 0 Å². The molecule has 0 aromatic carbocycles. The van der Waals surface area contributed by atoms with E-state index in [9.17, 15) is 4.79 Å². The zero-order valence-electron chi connectivity index (χ0n) is 8.58. The first kappa shape index (κ1) is 10.7. The minimum Gasteiger partial charge on any atom is -0.370 e. The van der Waals surface area contributed by atoms with Crippen LogP contribution >= 0.6 is 0 Å². The molecule has 5 heteroatoms. The molecule has 3 N–H and O–H groups in total. The number of nitrogens with zero attached hydrogens (tertiary/aromatic N) is 2. The first-order valence-electron chi connectivity index (χ1n) is 4.57. The maximum atomic E-state index is 10.4. The lowest BCUT2D eigenvalue weighted by molar-refractivity contribution is -0.117. The predicted molar refractivity (Wildman–Crippen MR) is 53.5 cm³/mol. The van der Waals surface area contributed by atoms with Crippen LogP contribution < -0.4 is 11.1 Å². The number of amides is 1. The third-order valence-electron chi connectivity index (χ3n) is 1.98. The number of hydrogen-bond donors (Lipinski definition) is 2. The first-order valence-corrected chi connectivity index (χ1v) is 4.57. The highest BCUT2D eigenvalue weighted by molar-refractivity contribution is 5.73. The minimum atomic E-state index is -0.277. The summed E-state index contributed by atoms with van der Waals surface area (Å²) < 4.78 is 1.78. The number of nitrogens with two attached hydrogens (primary N) is 1. The highest BCUT2D eigenvalue weighted by Gasteiger charge is 2.02. The number of aryl methyl sites for hydroxylation is 2.